The third-order valence-electron chi connectivity index (χ3n) is 7.79. The summed E-state index contributed by atoms with van der Waals surface area (Å²) in [6.45, 7) is 14.3. The van der Waals surface area contributed by atoms with Crippen LogP contribution in [0, 0.1) is 23.7 Å². The maximum Gasteiger partial charge on any atom is 0.308 e. The van der Waals surface area contributed by atoms with Crippen molar-refractivity contribution in [3.05, 3.63) is 0 Å². The Bertz CT molecular complexity index is 446. The number of carbonyl (C=O) groups excluding carboxylic acids is 1. The van der Waals surface area contributed by atoms with E-state index in [1.54, 1.807) is 0 Å². The molecule has 0 heterocycles. The summed E-state index contributed by atoms with van der Waals surface area (Å²) >= 11 is 0. The van der Waals surface area contributed by atoms with Crippen LogP contribution < -0.4 is 0 Å². The van der Waals surface area contributed by atoms with Crippen LogP contribution in [0.5, 0.6) is 0 Å². The van der Waals surface area contributed by atoms with Crippen LogP contribution in [-0.4, -0.2) is 12.6 Å². The van der Waals surface area contributed by atoms with Gasteiger partial charge in [-0.25, -0.2) is 0 Å². The lowest BCUT2D eigenvalue weighted by molar-refractivity contribution is -0.148. The molecule has 2 heteroatoms. The standard InChI is InChI=1S/C33H66O2/c1-7-9-10-11-12-13-14-15-16-17-18-19-20-21-22-23-25-35-33(34)32(6)28-31(5)27-30(4)26-29(3)24-8-2/h29-32H,7-28H2,1-6H3/t29-,30-,31-,32-/m1/s1. The predicted molar refractivity (Wildman–Crippen MR) is 156 cm³/mol. The van der Waals surface area contributed by atoms with Crippen molar-refractivity contribution in [2.45, 2.75) is 176 Å². The molecule has 0 aromatic rings. The smallest absolute Gasteiger partial charge is 0.308 e. The molecule has 0 fully saturated rings. The van der Waals surface area contributed by atoms with Gasteiger partial charge in [0.15, 0.2) is 0 Å². The third kappa shape index (κ3) is 23.6. The monoisotopic (exact) mass is 495 g/mol. The van der Waals surface area contributed by atoms with Crippen LogP contribution in [0.15, 0.2) is 0 Å². The number of hydrogen-bond acceptors (Lipinski definition) is 2. The molecular formula is C33H66O2. The molecule has 0 rings (SSSR count). The van der Waals surface area contributed by atoms with Gasteiger partial charge in [0, 0.05) is 0 Å². The number of carbonyl (C=O) groups is 1. The highest BCUT2D eigenvalue weighted by molar-refractivity contribution is 5.71. The Labute approximate surface area is 222 Å². The van der Waals surface area contributed by atoms with Gasteiger partial charge in [-0.2, -0.15) is 0 Å². The second-order valence-electron chi connectivity index (χ2n) is 12.2. The Kier molecular flexibility index (Phi) is 24.8. The van der Waals surface area contributed by atoms with Crippen LogP contribution in [0.2, 0.25) is 0 Å². The van der Waals surface area contributed by atoms with Crippen LogP contribution in [0.1, 0.15) is 176 Å². The average molecular weight is 495 g/mol. The molecular weight excluding hydrogens is 428 g/mol. The van der Waals surface area contributed by atoms with Gasteiger partial charge in [-0.15, -0.1) is 0 Å². The van der Waals surface area contributed by atoms with Crippen LogP contribution in [-0.2, 0) is 9.53 Å². The largest absolute Gasteiger partial charge is 0.465 e. The van der Waals surface area contributed by atoms with Crippen LogP contribution in [0.4, 0.5) is 0 Å². The minimum Gasteiger partial charge on any atom is -0.465 e. The van der Waals surface area contributed by atoms with Gasteiger partial charge in [-0.05, 0) is 43.4 Å². The van der Waals surface area contributed by atoms with Gasteiger partial charge in [0.25, 0.3) is 0 Å². The van der Waals surface area contributed by atoms with E-state index in [-0.39, 0.29) is 11.9 Å². The number of ether oxygens (including phenoxy) is 1. The first-order valence-corrected chi connectivity index (χ1v) is 16.1. The molecule has 2 nitrogen and oxygen atoms in total. The number of esters is 1. The highest BCUT2D eigenvalue weighted by atomic mass is 16.5. The van der Waals surface area contributed by atoms with Crippen LogP contribution in [0.3, 0.4) is 0 Å². The Hall–Kier alpha value is -0.530. The van der Waals surface area contributed by atoms with E-state index in [0.29, 0.717) is 12.5 Å². The molecule has 0 amide bonds. The van der Waals surface area contributed by atoms with E-state index in [9.17, 15) is 4.79 Å². The SMILES string of the molecule is CCCCCCCCCCCCCCCCCCOC(=O)[C@H](C)C[C@H](C)C[C@H](C)C[C@H](C)CCC. The van der Waals surface area contributed by atoms with E-state index in [4.69, 9.17) is 4.74 Å². The second-order valence-corrected chi connectivity index (χ2v) is 12.2. The Morgan fingerprint density at radius 1 is 0.514 bits per heavy atom. The minimum absolute atomic E-state index is 0.0183. The summed E-state index contributed by atoms with van der Waals surface area (Å²) in [6, 6.07) is 0. The molecule has 0 aliphatic heterocycles. The summed E-state index contributed by atoms with van der Waals surface area (Å²) in [4.78, 5) is 12.4. The number of rotatable bonds is 26. The van der Waals surface area contributed by atoms with Crippen molar-refractivity contribution in [3.8, 4) is 0 Å². The highest BCUT2D eigenvalue weighted by Gasteiger charge is 2.19. The predicted octanol–water partition coefficient (Wildman–Crippen LogP) is 11.3. The number of unbranched alkanes of at least 4 members (excludes halogenated alkanes) is 15. The quantitative estimate of drug-likeness (QED) is 0.0882. The fourth-order valence-electron chi connectivity index (χ4n) is 5.84. The second kappa shape index (κ2) is 25.1. The molecule has 210 valence electrons. The van der Waals surface area contributed by atoms with E-state index < -0.39 is 0 Å². The first-order valence-electron chi connectivity index (χ1n) is 16.1. The van der Waals surface area contributed by atoms with Crippen molar-refractivity contribution in [2.24, 2.45) is 23.7 Å². The van der Waals surface area contributed by atoms with Crippen molar-refractivity contribution < 1.29 is 9.53 Å². The van der Waals surface area contributed by atoms with Gasteiger partial charge in [0.05, 0.1) is 12.5 Å². The maximum absolute atomic E-state index is 12.4. The molecule has 0 saturated heterocycles. The molecule has 35 heavy (non-hydrogen) atoms. The van der Waals surface area contributed by atoms with Gasteiger partial charge in [-0.1, -0.05) is 151 Å². The van der Waals surface area contributed by atoms with E-state index in [0.717, 1.165) is 24.7 Å². The molecule has 0 N–H and O–H groups in total. The van der Waals surface area contributed by atoms with Crippen molar-refractivity contribution in [1.82, 2.24) is 0 Å². The summed E-state index contributed by atoms with van der Waals surface area (Å²) in [6.07, 6.45) is 28.0. The summed E-state index contributed by atoms with van der Waals surface area (Å²) in [5.41, 5.74) is 0. The Balaban J connectivity index is 3.51. The molecule has 0 aliphatic carbocycles. The first kappa shape index (κ1) is 34.5. The normalized spacial score (nSPS) is 15.0. The summed E-state index contributed by atoms with van der Waals surface area (Å²) in [5.74, 6) is 2.22. The zero-order valence-corrected chi connectivity index (χ0v) is 25.2. The van der Waals surface area contributed by atoms with E-state index in [1.165, 1.54) is 122 Å². The van der Waals surface area contributed by atoms with Crippen LogP contribution in [0.25, 0.3) is 0 Å². The van der Waals surface area contributed by atoms with Crippen molar-refractivity contribution in [2.75, 3.05) is 6.61 Å². The third-order valence-corrected chi connectivity index (χ3v) is 7.79. The van der Waals surface area contributed by atoms with E-state index in [1.807, 2.05) is 0 Å². The lowest BCUT2D eigenvalue weighted by Gasteiger charge is -2.22. The summed E-state index contributed by atoms with van der Waals surface area (Å²) in [7, 11) is 0. The maximum atomic E-state index is 12.4. The molecule has 0 bridgehead atoms. The highest BCUT2D eigenvalue weighted by Crippen LogP contribution is 2.26. The Morgan fingerprint density at radius 2 is 0.914 bits per heavy atom. The molecule has 0 aliphatic rings. The van der Waals surface area contributed by atoms with Gasteiger partial charge in [0.1, 0.15) is 0 Å². The molecule has 0 spiro atoms. The Morgan fingerprint density at radius 3 is 1.37 bits per heavy atom. The minimum atomic E-state index is 0.0183. The van der Waals surface area contributed by atoms with E-state index >= 15 is 0 Å². The summed E-state index contributed by atoms with van der Waals surface area (Å²) < 4.78 is 5.59. The van der Waals surface area contributed by atoms with Crippen molar-refractivity contribution in [1.29, 1.82) is 0 Å². The fourth-order valence-corrected chi connectivity index (χ4v) is 5.84. The lowest BCUT2D eigenvalue weighted by Crippen LogP contribution is -2.19. The van der Waals surface area contributed by atoms with Crippen LogP contribution >= 0.6 is 0 Å². The van der Waals surface area contributed by atoms with E-state index in [2.05, 4.69) is 41.5 Å². The van der Waals surface area contributed by atoms with Gasteiger partial charge in [0.2, 0.25) is 0 Å². The average Bonchev–Trinajstić information content (AvgIpc) is 2.80. The number of hydrogen-bond donors (Lipinski definition) is 0. The zero-order chi connectivity index (χ0) is 26.2. The topological polar surface area (TPSA) is 26.3 Å². The molecule has 0 saturated carbocycles. The van der Waals surface area contributed by atoms with Gasteiger partial charge >= 0.3 is 5.97 Å². The van der Waals surface area contributed by atoms with Gasteiger partial charge in [-0.3, -0.25) is 4.79 Å². The molecule has 0 aromatic heterocycles. The zero-order valence-electron chi connectivity index (χ0n) is 25.2. The molecule has 0 radical (unpaired) electrons. The summed E-state index contributed by atoms with van der Waals surface area (Å²) in [5, 5.41) is 0. The lowest BCUT2D eigenvalue weighted by atomic mass is 9.84. The first-order chi connectivity index (χ1) is 16.9. The van der Waals surface area contributed by atoms with Crippen molar-refractivity contribution >= 4 is 5.97 Å². The van der Waals surface area contributed by atoms with Crippen molar-refractivity contribution in [3.63, 3.8) is 0 Å². The van der Waals surface area contributed by atoms with Gasteiger partial charge < -0.3 is 4.74 Å². The fraction of sp³-hybridized carbons (Fsp3) is 0.970. The molecule has 0 aromatic carbocycles. The molecule has 0 unspecified atom stereocenters. The molecule has 4 atom stereocenters.